The molecule has 1 aromatic heterocycles. The normalized spacial score (nSPS) is 10.9. The average molecular weight is 363 g/mol. The molecule has 0 aliphatic rings. The summed E-state index contributed by atoms with van der Waals surface area (Å²) < 4.78 is 1.65. The van der Waals surface area contributed by atoms with Crippen molar-refractivity contribution in [2.45, 2.75) is 15.3 Å². The highest BCUT2D eigenvalue weighted by molar-refractivity contribution is 9.08. The zero-order valence-corrected chi connectivity index (χ0v) is 13.3. The van der Waals surface area contributed by atoms with Gasteiger partial charge in [0.05, 0.1) is 9.76 Å². The molecule has 3 aromatic rings. The van der Waals surface area contributed by atoms with E-state index < -0.39 is 0 Å². The first kappa shape index (κ1) is 14.2. The number of alkyl halides is 1. The lowest BCUT2D eigenvalue weighted by atomic mass is 10.3. The Hall–Kier alpha value is -1.79. The number of halogens is 1. The number of rotatable bonds is 3. The van der Waals surface area contributed by atoms with Crippen LogP contribution in [0, 0.1) is 10.1 Å². The molecule has 0 radical (unpaired) electrons. The molecular formula is C15H11BrN2O2S. The molecule has 4 nitrogen and oxygen atoms in total. The maximum absolute atomic E-state index is 12.6. The van der Waals surface area contributed by atoms with Gasteiger partial charge in [-0.1, -0.05) is 46.3 Å². The molecule has 3 rings (SSSR count). The first-order valence-corrected chi connectivity index (χ1v) is 8.21. The fourth-order valence-electron chi connectivity index (χ4n) is 2.08. The molecule has 0 N–H and O–H groups in total. The average Bonchev–Trinajstić information content (AvgIpc) is 2.54. The summed E-state index contributed by atoms with van der Waals surface area (Å²) in [6.45, 7) is 0. The van der Waals surface area contributed by atoms with Gasteiger partial charge in [-0.25, -0.2) is 0 Å². The summed E-state index contributed by atoms with van der Waals surface area (Å²) in [5, 5.41) is 13.2. The van der Waals surface area contributed by atoms with Gasteiger partial charge in [0.25, 0.3) is 5.52 Å². The molecule has 2 aromatic carbocycles. The Kier molecular flexibility index (Phi) is 3.98. The number of hydrogen-bond acceptors (Lipinski definition) is 3. The molecule has 0 aliphatic heterocycles. The van der Waals surface area contributed by atoms with Gasteiger partial charge in [-0.15, -0.1) is 0 Å². The highest BCUT2D eigenvalue weighted by Gasteiger charge is 2.22. The van der Waals surface area contributed by atoms with Crippen molar-refractivity contribution in [3.63, 3.8) is 0 Å². The highest BCUT2D eigenvalue weighted by atomic mass is 79.9. The van der Waals surface area contributed by atoms with Crippen molar-refractivity contribution in [3.8, 4) is 0 Å². The molecule has 0 fully saturated rings. The summed E-state index contributed by atoms with van der Waals surface area (Å²) >= 11 is 4.60. The van der Waals surface area contributed by atoms with Crippen molar-refractivity contribution >= 4 is 38.7 Å². The summed E-state index contributed by atoms with van der Waals surface area (Å²) in [7, 11) is 0. The predicted molar refractivity (Wildman–Crippen MR) is 87.3 cm³/mol. The van der Waals surface area contributed by atoms with Crippen molar-refractivity contribution in [1.82, 2.24) is 4.73 Å². The lowest BCUT2D eigenvalue weighted by Gasteiger charge is -2.17. The van der Waals surface area contributed by atoms with E-state index in [1.165, 1.54) is 11.8 Å². The molecule has 0 amide bonds. The van der Waals surface area contributed by atoms with Crippen LogP contribution in [0.15, 0.2) is 64.5 Å². The summed E-state index contributed by atoms with van der Waals surface area (Å²) in [6, 6.07) is 16.3. The van der Waals surface area contributed by atoms with E-state index in [1.807, 2.05) is 30.3 Å². The van der Waals surface area contributed by atoms with Gasteiger partial charge in [0.15, 0.2) is 0 Å². The Morgan fingerprint density at radius 3 is 2.48 bits per heavy atom. The fraction of sp³-hybridized carbons (Fsp3) is 0.0667. The predicted octanol–water partition coefficient (Wildman–Crippen LogP) is 3.95. The van der Waals surface area contributed by atoms with Crippen molar-refractivity contribution in [2.24, 2.45) is 0 Å². The van der Waals surface area contributed by atoms with Crippen molar-refractivity contribution in [1.29, 1.82) is 0 Å². The summed E-state index contributed by atoms with van der Waals surface area (Å²) in [6.07, 6.45) is 0. The van der Waals surface area contributed by atoms with Gasteiger partial charge in [-0.3, -0.25) is 0 Å². The molecule has 6 heteroatoms. The van der Waals surface area contributed by atoms with Gasteiger partial charge >= 0.3 is 5.03 Å². The Labute approximate surface area is 133 Å². The largest absolute Gasteiger partial charge is 0.805 e. The van der Waals surface area contributed by atoms with E-state index in [9.17, 15) is 10.1 Å². The zero-order chi connectivity index (χ0) is 14.8. The van der Waals surface area contributed by atoms with Crippen LogP contribution >= 0.6 is 27.7 Å². The third-order valence-corrected chi connectivity index (χ3v) is 4.71. The van der Waals surface area contributed by atoms with Gasteiger partial charge in [-0.2, -0.15) is 0 Å². The number of fused-ring (bicyclic) bond motifs is 1. The van der Waals surface area contributed by atoms with Crippen LogP contribution in [-0.2, 0) is 5.33 Å². The molecular weight excluding hydrogens is 352 g/mol. The molecule has 0 spiro atoms. The number of para-hydroxylation sites is 2. The smallest absolute Gasteiger partial charge is 0.321 e. The SMILES string of the molecule is O=[n+]1c(Sc2ccccc2)c(CBr)n([O-])c2ccccc21. The van der Waals surface area contributed by atoms with Gasteiger partial charge in [-0.05, 0) is 30.0 Å². The van der Waals surface area contributed by atoms with Gasteiger partial charge in [0, 0.05) is 15.9 Å². The highest BCUT2D eigenvalue weighted by Crippen LogP contribution is 2.29. The van der Waals surface area contributed by atoms with Crippen molar-refractivity contribution in [2.75, 3.05) is 0 Å². The zero-order valence-electron chi connectivity index (χ0n) is 10.9. The van der Waals surface area contributed by atoms with E-state index in [2.05, 4.69) is 15.9 Å². The molecule has 0 saturated heterocycles. The van der Waals surface area contributed by atoms with Crippen LogP contribution < -0.4 is 4.43 Å². The number of benzene rings is 2. The van der Waals surface area contributed by atoms with Crippen LogP contribution in [0.5, 0.6) is 0 Å². The fourth-order valence-corrected chi connectivity index (χ4v) is 3.73. The van der Waals surface area contributed by atoms with Crippen LogP contribution in [-0.4, -0.2) is 4.73 Å². The minimum atomic E-state index is 0.318. The lowest BCUT2D eigenvalue weighted by molar-refractivity contribution is -0.510. The molecule has 1 heterocycles. The topological polar surface area (TPSA) is 51.0 Å². The van der Waals surface area contributed by atoms with Crippen LogP contribution in [0.4, 0.5) is 0 Å². The van der Waals surface area contributed by atoms with Crippen molar-refractivity contribution < 1.29 is 4.43 Å². The Balaban J connectivity index is 2.26. The molecule has 0 unspecified atom stereocenters. The molecule has 0 atom stereocenters. The van der Waals surface area contributed by atoms with E-state index in [4.69, 9.17) is 0 Å². The van der Waals surface area contributed by atoms with Crippen molar-refractivity contribution in [3.05, 3.63) is 70.4 Å². The second-order valence-corrected chi connectivity index (χ2v) is 6.00. The molecule has 0 aliphatic carbocycles. The van der Waals surface area contributed by atoms with E-state index >= 15 is 0 Å². The quantitative estimate of drug-likeness (QED) is 0.523. The Morgan fingerprint density at radius 1 is 1.10 bits per heavy atom. The lowest BCUT2D eigenvalue weighted by Crippen LogP contribution is -2.24. The summed E-state index contributed by atoms with van der Waals surface area (Å²) in [4.78, 5) is 13.5. The molecule has 106 valence electrons. The molecule has 0 saturated carbocycles. The van der Waals surface area contributed by atoms with Crippen LogP contribution in [0.2, 0.25) is 0 Å². The van der Waals surface area contributed by atoms with Crippen LogP contribution in [0.1, 0.15) is 5.69 Å². The third-order valence-electron chi connectivity index (χ3n) is 3.08. The van der Waals surface area contributed by atoms with Gasteiger partial charge in [0.1, 0.15) is 11.2 Å². The molecule has 21 heavy (non-hydrogen) atoms. The molecule has 0 bridgehead atoms. The van der Waals surface area contributed by atoms with Crippen LogP contribution in [0.25, 0.3) is 11.0 Å². The number of nitrogens with zero attached hydrogens (tertiary/aromatic N) is 2. The van der Waals surface area contributed by atoms with Crippen LogP contribution in [0.3, 0.4) is 0 Å². The standard InChI is InChI=1S/C15H11BrN2O2S/c16-10-14-15(21-11-6-2-1-3-7-11)18(20)13-9-5-4-8-12(13)17(14)19/h1-9H,10H2. The maximum Gasteiger partial charge on any atom is 0.321 e. The first-order valence-electron chi connectivity index (χ1n) is 6.28. The van der Waals surface area contributed by atoms with Gasteiger partial charge in [0.2, 0.25) is 0 Å². The number of aromatic nitrogens is 2. The van der Waals surface area contributed by atoms with Gasteiger partial charge < -0.3 is 9.94 Å². The minimum absolute atomic E-state index is 0.318. The van der Waals surface area contributed by atoms with E-state index in [-0.39, 0.29) is 0 Å². The second-order valence-electron chi connectivity index (χ2n) is 4.38. The number of hydrogen-bond donors (Lipinski definition) is 0. The summed E-state index contributed by atoms with van der Waals surface area (Å²) in [5.74, 6) is 0. The first-order chi connectivity index (χ1) is 10.2. The second kappa shape index (κ2) is 5.91. The minimum Gasteiger partial charge on any atom is -0.805 e. The Morgan fingerprint density at radius 2 is 1.76 bits per heavy atom. The third kappa shape index (κ3) is 2.56. The summed E-state index contributed by atoms with van der Waals surface area (Å²) in [5.41, 5.74) is 1.16. The van der Waals surface area contributed by atoms with E-state index in [1.54, 1.807) is 24.3 Å². The maximum atomic E-state index is 12.6. The van der Waals surface area contributed by atoms with E-state index in [0.29, 0.717) is 27.1 Å². The van der Waals surface area contributed by atoms with E-state index in [0.717, 1.165) is 14.1 Å². The Bertz CT molecular complexity index is 849. The monoisotopic (exact) mass is 362 g/mol.